The average Bonchev–Trinajstić information content (AvgIpc) is 3.24. The van der Waals surface area contributed by atoms with Gasteiger partial charge in [0.25, 0.3) is 5.56 Å². The van der Waals surface area contributed by atoms with Gasteiger partial charge in [-0.25, -0.2) is 10.2 Å². The summed E-state index contributed by atoms with van der Waals surface area (Å²) in [5, 5.41) is 4.32. The van der Waals surface area contributed by atoms with E-state index in [1.54, 1.807) is 17.8 Å². The number of aromatic nitrogens is 4. The van der Waals surface area contributed by atoms with Crippen LogP contribution in [0.3, 0.4) is 0 Å². The van der Waals surface area contributed by atoms with Crippen LogP contribution in [-0.2, 0) is 20.2 Å². The maximum absolute atomic E-state index is 12.5. The quantitative estimate of drug-likeness (QED) is 0.194. The van der Waals surface area contributed by atoms with Crippen LogP contribution in [0.2, 0.25) is 0 Å². The molecule has 0 unspecified atom stereocenters. The molecule has 4 rings (SSSR count). The van der Waals surface area contributed by atoms with Crippen LogP contribution in [0.4, 0.5) is 5.95 Å². The standard InChI is InChI=1S/C26H30N6O3/c1-3-4-5-9-16-32-22-23(31(2)26(34)29-24(22)33)28-25(32)30-27-17-19-12-14-21(15-13-19)35-18-20-10-7-6-8-11-20/h6-8,10-15,17H,3-5,9,16,18H2,1-2H3,(H,28,30)(H,29,33,34)/b27-17+. The zero-order chi connectivity index (χ0) is 24.6. The van der Waals surface area contributed by atoms with Crippen molar-refractivity contribution in [2.75, 3.05) is 5.43 Å². The highest BCUT2D eigenvalue weighted by molar-refractivity contribution is 5.80. The first-order valence-electron chi connectivity index (χ1n) is 11.8. The molecule has 0 atom stereocenters. The molecule has 2 aromatic heterocycles. The molecule has 2 aromatic carbocycles. The molecule has 0 radical (unpaired) electrons. The number of nitrogens with zero attached hydrogens (tertiary/aromatic N) is 4. The first kappa shape index (κ1) is 24.0. The second kappa shape index (κ2) is 11.3. The highest BCUT2D eigenvalue weighted by Crippen LogP contribution is 2.17. The third-order valence-corrected chi connectivity index (χ3v) is 5.75. The minimum Gasteiger partial charge on any atom is -0.489 e. The van der Waals surface area contributed by atoms with Gasteiger partial charge in [0, 0.05) is 13.6 Å². The fourth-order valence-electron chi connectivity index (χ4n) is 3.79. The van der Waals surface area contributed by atoms with Crippen molar-refractivity contribution in [3.63, 3.8) is 0 Å². The summed E-state index contributed by atoms with van der Waals surface area (Å²) in [7, 11) is 1.59. The van der Waals surface area contributed by atoms with Gasteiger partial charge in [-0.2, -0.15) is 10.1 Å². The monoisotopic (exact) mass is 474 g/mol. The number of rotatable bonds is 11. The summed E-state index contributed by atoms with van der Waals surface area (Å²) < 4.78 is 8.95. The van der Waals surface area contributed by atoms with Gasteiger partial charge >= 0.3 is 5.69 Å². The van der Waals surface area contributed by atoms with Crippen molar-refractivity contribution in [3.8, 4) is 5.75 Å². The highest BCUT2D eigenvalue weighted by Gasteiger charge is 2.16. The molecule has 0 aliphatic carbocycles. The van der Waals surface area contributed by atoms with Gasteiger partial charge in [0.05, 0.1) is 6.21 Å². The fraction of sp³-hybridized carbons (Fsp3) is 0.308. The van der Waals surface area contributed by atoms with Crippen LogP contribution in [0, 0.1) is 0 Å². The van der Waals surface area contributed by atoms with Crippen LogP contribution in [0.1, 0.15) is 43.7 Å². The number of benzene rings is 2. The van der Waals surface area contributed by atoms with Gasteiger partial charge in [0.1, 0.15) is 12.4 Å². The van der Waals surface area contributed by atoms with Crippen LogP contribution >= 0.6 is 0 Å². The number of aryl methyl sites for hydroxylation is 2. The van der Waals surface area contributed by atoms with Gasteiger partial charge in [-0.05, 0) is 41.8 Å². The number of hydrogen-bond acceptors (Lipinski definition) is 6. The minimum atomic E-state index is -0.497. The number of imidazole rings is 1. The van der Waals surface area contributed by atoms with Crippen molar-refractivity contribution < 1.29 is 4.74 Å². The summed E-state index contributed by atoms with van der Waals surface area (Å²) in [5.41, 5.74) is 4.67. The molecule has 0 aliphatic rings. The molecule has 9 heteroatoms. The van der Waals surface area contributed by atoms with Crippen LogP contribution in [-0.4, -0.2) is 25.3 Å². The van der Waals surface area contributed by atoms with Crippen LogP contribution in [0.25, 0.3) is 11.2 Å². The van der Waals surface area contributed by atoms with E-state index in [4.69, 9.17) is 4.74 Å². The predicted molar refractivity (Wildman–Crippen MR) is 138 cm³/mol. The normalized spacial score (nSPS) is 11.4. The molecule has 0 amide bonds. The summed E-state index contributed by atoms with van der Waals surface area (Å²) in [6, 6.07) is 17.6. The first-order chi connectivity index (χ1) is 17.1. The maximum Gasteiger partial charge on any atom is 0.329 e. The molecule has 4 aromatic rings. The van der Waals surface area contributed by atoms with E-state index in [2.05, 4.69) is 27.4 Å². The Morgan fingerprint density at radius 2 is 1.83 bits per heavy atom. The molecule has 0 saturated heterocycles. The number of H-pyrrole nitrogens is 1. The Labute approximate surface area is 203 Å². The number of nitrogens with one attached hydrogen (secondary N) is 2. The molecular formula is C26H30N6O3. The number of hydrogen-bond donors (Lipinski definition) is 2. The SMILES string of the molecule is CCCCCCn1c(N/N=C/c2ccc(OCc3ccccc3)cc2)nc2c1c(=O)[nH]c(=O)n2C. The third kappa shape index (κ3) is 5.87. The highest BCUT2D eigenvalue weighted by atomic mass is 16.5. The fourth-order valence-corrected chi connectivity index (χ4v) is 3.79. The smallest absolute Gasteiger partial charge is 0.329 e. The minimum absolute atomic E-state index is 0.326. The second-order valence-electron chi connectivity index (χ2n) is 8.35. The van der Waals surface area contributed by atoms with Gasteiger partial charge in [0.15, 0.2) is 11.2 Å². The van der Waals surface area contributed by atoms with Crippen molar-refractivity contribution >= 4 is 23.3 Å². The van der Waals surface area contributed by atoms with E-state index in [9.17, 15) is 9.59 Å². The van der Waals surface area contributed by atoms with Gasteiger partial charge in [-0.1, -0.05) is 56.5 Å². The van der Waals surface area contributed by atoms with E-state index >= 15 is 0 Å². The number of hydrazone groups is 1. The number of unbranched alkanes of at least 4 members (excludes halogenated alkanes) is 3. The van der Waals surface area contributed by atoms with E-state index in [0.717, 1.165) is 42.6 Å². The molecule has 0 bridgehead atoms. The van der Waals surface area contributed by atoms with Gasteiger partial charge in [0.2, 0.25) is 5.95 Å². The molecule has 9 nitrogen and oxygen atoms in total. The van der Waals surface area contributed by atoms with Crippen molar-refractivity contribution in [1.29, 1.82) is 0 Å². The summed E-state index contributed by atoms with van der Waals surface area (Å²) in [4.78, 5) is 31.4. The van der Waals surface area contributed by atoms with E-state index in [0.29, 0.717) is 30.3 Å². The van der Waals surface area contributed by atoms with Crippen LogP contribution in [0.15, 0.2) is 69.3 Å². The molecule has 0 saturated carbocycles. The Morgan fingerprint density at radius 3 is 2.57 bits per heavy atom. The van der Waals surface area contributed by atoms with E-state index in [1.807, 2.05) is 54.6 Å². The van der Waals surface area contributed by atoms with Crippen LogP contribution in [0.5, 0.6) is 5.75 Å². The average molecular weight is 475 g/mol. The summed E-state index contributed by atoms with van der Waals surface area (Å²) in [6.45, 7) is 3.26. The van der Waals surface area contributed by atoms with Crippen molar-refractivity contribution in [2.45, 2.75) is 45.8 Å². The molecule has 35 heavy (non-hydrogen) atoms. The third-order valence-electron chi connectivity index (χ3n) is 5.75. The largest absolute Gasteiger partial charge is 0.489 e. The van der Waals surface area contributed by atoms with E-state index in [-0.39, 0.29) is 0 Å². The number of aromatic amines is 1. The lowest BCUT2D eigenvalue weighted by atomic mass is 10.2. The molecule has 0 fully saturated rings. The number of fused-ring (bicyclic) bond motifs is 1. The second-order valence-corrected chi connectivity index (χ2v) is 8.35. The molecule has 0 spiro atoms. The van der Waals surface area contributed by atoms with Crippen molar-refractivity contribution in [1.82, 2.24) is 19.1 Å². The van der Waals surface area contributed by atoms with E-state index in [1.165, 1.54) is 4.57 Å². The van der Waals surface area contributed by atoms with Gasteiger partial charge in [-0.15, -0.1) is 0 Å². The van der Waals surface area contributed by atoms with Crippen molar-refractivity contribution in [3.05, 3.63) is 86.6 Å². The van der Waals surface area contributed by atoms with Gasteiger partial charge < -0.3 is 9.30 Å². The molecule has 0 aliphatic heterocycles. The zero-order valence-electron chi connectivity index (χ0n) is 20.0. The first-order valence-corrected chi connectivity index (χ1v) is 11.8. The summed E-state index contributed by atoms with van der Waals surface area (Å²) in [6.07, 6.45) is 5.84. The predicted octanol–water partition coefficient (Wildman–Crippen LogP) is 4.03. The van der Waals surface area contributed by atoms with Crippen molar-refractivity contribution in [2.24, 2.45) is 12.1 Å². The summed E-state index contributed by atoms with van der Waals surface area (Å²) >= 11 is 0. The number of ether oxygens (including phenoxy) is 1. The molecule has 2 heterocycles. The number of anilines is 1. The van der Waals surface area contributed by atoms with Gasteiger partial charge in [-0.3, -0.25) is 14.3 Å². The lowest BCUT2D eigenvalue weighted by Crippen LogP contribution is -2.29. The Hall–Kier alpha value is -4.14. The Bertz CT molecular complexity index is 1400. The molecular weight excluding hydrogens is 444 g/mol. The molecule has 182 valence electrons. The topological polar surface area (TPSA) is 106 Å². The lowest BCUT2D eigenvalue weighted by Gasteiger charge is -2.08. The Kier molecular flexibility index (Phi) is 7.77. The summed E-state index contributed by atoms with van der Waals surface area (Å²) in [5.74, 6) is 1.19. The lowest BCUT2D eigenvalue weighted by molar-refractivity contribution is 0.306. The zero-order valence-corrected chi connectivity index (χ0v) is 20.0. The van der Waals surface area contributed by atoms with E-state index < -0.39 is 11.2 Å². The molecule has 2 N–H and O–H groups in total. The Morgan fingerprint density at radius 1 is 1.06 bits per heavy atom. The van der Waals surface area contributed by atoms with Crippen LogP contribution < -0.4 is 21.4 Å². The maximum atomic E-state index is 12.5. The Balaban J connectivity index is 1.48.